The summed E-state index contributed by atoms with van der Waals surface area (Å²) in [5, 5.41) is 7.93. The third-order valence-electron chi connectivity index (χ3n) is 4.69. The van der Waals surface area contributed by atoms with Crippen LogP contribution in [0.25, 0.3) is 0 Å². The molecule has 0 saturated carbocycles. The number of rotatable bonds is 4. The van der Waals surface area contributed by atoms with Gasteiger partial charge < -0.3 is 10.2 Å². The van der Waals surface area contributed by atoms with Crippen LogP contribution in [0.5, 0.6) is 0 Å². The molecule has 0 aliphatic carbocycles. The molecule has 7 heteroatoms. The number of anilines is 2. The number of nitrogens with two attached hydrogens (primary N) is 1. The van der Waals surface area contributed by atoms with E-state index >= 15 is 0 Å². The minimum atomic E-state index is -3.74. The van der Waals surface area contributed by atoms with Gasteiger partial charge in [-0.25, -0.2) is 13.6 Å². The van der Waals surface area contributed by atoms with Crippen molar-refractivity contribution in [2.24, 2.45) is 5.14 Å². The summed E-state index contributed by atoms with van der Waals surface area (Å²) in [7, 11) is -3.74. The molecule has 1 aliphatic rings. The number of carbonyl (C=O) groups is 1. The average Bonchev–Trinajstić information content (AvgIpc) is 2.60. The van der Waals surface area contributed by atoms with Gasteiger partial charge in [0.2, 0.25) is 15.9 Å². The summed E-state index contributed by atoms with van der Waals surface area (Å²) in [6, 6.07) is 11.8. The zero-order valence-electron chi connectivity index (χ0n) is 14.9. The summed E-state index contributed by atoms with van der Waals surface area (Å²) in [5.74, 6) is -0.137. The quantitative estimate of drug-likeness (QED) is 0.861. The van der Waals surface area contributed by atoms with Crippen molar-refractivity contribution in [2.45, 2.75) is 37.6 Å². The van der Waals surface area contributed by atoms with Crippen molar-refractivity contribution in [2.75, 3.05) is 16.8 Å². The average molecular weight is 373 g/mol. The van der Waals surface area contributed by atoms with Gasteiger partial charge in [0.1, 0.15) is 6.04 Å². The standard InChI is InChI=1S/C19H23N3O3S/c1-13-5-10-18-15(12-13)4-3-11-22(18)14(2)19(23)21-16-6-8-17(9-7-16)26(20,24)25/h5-10,12,14H,3-4,11H2,1-2H3,(H,21,23)(H2,20,24,25). The molecule has 138 valence electrons. The smallest absolute Gasteiger partial charge is 0.246 e. The number of carbonyl (C=O) groups excluding carboxylic acids is 1. The number of sulfonamides is 1. The number of nitrogens with zero attached hydrogens (tertiary/aromatic N) is 1. The second-order valence-electron chi connectivity index (χ2n) is 6.66. The number of nitrogens with one attached hydrogen (secondary N) is 1. The first kappa shape index (κ1) is 18.4. The number of benzene rings is 2. The SMILES string of the molecule is Cc1ccc2c(c1)CCCN2C(C)C(=O)Nc1ccc(S(N)(=O)=O)cc1. The fourth-order valence-corrected chi connectivity index (χ4v) is 3.79. The summed E-state index contributed by atoms with van der Waals surface area (Å²) in [6.07, 6.45) is 2.04. The van der Waals surface area contributed by atoms with E-state index in [0.717, 1.165) is 25.1 Å². The summed E-state index contributed by atoms with van der Waals surface area (Å²) in [6.45, 7) is 4.78. The monoisotopic (exact) mass is 373 g/mol. The molecule has 0 saturated heterocycles. The lowest BCUT2D eigenvalue weighted by Gasteiger charge is -2.35. The van der Waals surface area contributed by atoms with Crippen LogP contribution in [0.3, 0.4) is 0 Å². The number of primary sulfonamides is 1. The van der Waals surface area contributed by atoms with E-state index in [2.05, 4.69) is 35.3 Å². The van der Waals surface area contributed by atoms with E-state index in [9.17, 15) is 13.2 Å². The molecule has 1 unspecified atom stereocenters. The highest BCUT2D eigenvalue weighted by atomic mass is 32.2. The highest BCUT2D eigenvalue weighted by molar-refractivity contribution is 7.89. The molecule has 0 fully saturated rings. The van der Waals surface area contributed by atoms with Gasteiger partial charge in [-0.3, -0.25) is 4.79 Å². The first-order valence-electron chi connectivity index (χ1n) is 8.55. The molecule has 3 N–H and O–H groups in total. The first-order valence-corrected chi connectivity index (χ1v) is 10.1. The molecule has 26 heavy (non-hydrogen) atoms. The van der Waals surface area contributed by atoms with E-state index in [1.54, 1.807) is 0 Å². The van der Waals surface area contributed by atoms with Crippen LogP contribution in [0.15, 0.2) is 47.4 Å². The van der Waals surface area contributed by atoms with Gasteiger partial charge in [0.05, 0.1) is 4.90 Å². The summed E-state index contributed by atoms with van der Waals surface area (Å²) in [4.78, 5) is 14.8. The Kier molecular flexibility index (Phi) is 5.02. The van der Waals surface area contributed by atoms with Crippen molar-refractivity contribution in [1.82, 2.24) is 0 Å². The van der Waals surface area contributed by atoms with Crippen LogP contribution in [-0.4, -0.2) is 26.9 Å². The molecule has 2 aromatic rings. The lowest BCUT2D eigenvalue weighted by Crippen LogP contribution is -2.44. The molecule has 0 radical (unpaired) electrons. The van der Waals surface area contributed by atoms with Gasteiger partial charge in [-0.1, -0.05) is 17.7 Å². The summed E-state index contributed by atoms with van der Waals surface area (Å²) >= 11 is 0. The van der Waals surface area contributed by atoms with Gasteiger partial charge in [0.25, 0.3) is 0 Å². The Hall–Kier alpha value is -2.38. The van der Waals surface area contributed by atoms with E-state index in [-0.39, 0.29) is 16.8 Å². The summed E-state index contributed by atoms with van der Waals surface area (Å²) in [5.41, 5.74) is 4.13. The maximum absolute atomic E-state index is 12.7. The van der Waals surface area contributed by atoms with Crippen molar-refractivity contribution in [3.63, 3.8) is 0 Å². The normalized spacial score (nSPS) is 15.3. The zero-order chi connectivity index (χ0) is 18.9. The van der Waals surface area contributed by atoms with Crippen LogP contribution in [0.2, 0.25) is 0 Å². The number of hydrogen-bond donors (Lipinski definition) is 2. The lowest BCUT2D eigenvalue weighted by molar-refractivity contribution is -0.117. The molecule has 1 amide bonds. The Labute approximate surface area is 154 Å². The highest BCUT2D eigenvalue weighted by Crippen LogP contribution is 2.29. The van der Waals surface area contributed by atoms with Crippen LogP contribution < -0.4 is 15.4 Å². The number of amides is 1. The maximum atomic E-state index is 12.7. The fourth-order valence-electron chi connectivity index (χ4n) is 3.27. The van der Waals surface area contributed by atoms with Gasteiger partial charge in [0.15, 0.2) is 0 Å². The number of fused-ring (bicyclic) bond motifs is 1. The van der Waals surface area contributed by atoms with Crippen molar-refractivity contribution in [3.8, 4) is 0 Å². The summed E-state index contributed by atoms with van der Waals surface area (Å²) < 4.78 is 22.6. The molecule has 6 nitrogen and oxygen atoms in total. The molecule has 1 aliphatic heterocycles. The zero-order valence-corrected chi connectivity index (χ0v) is 15.7. The van der Waals surface area contributed by atoms with E-state index < -0.39 is 10.0 Å². The van der Waals surface area contributed by atoms with E-state index in [1.807, 2.05) is 6.92 Å². The van der Waals surface area contributed by atoms with Gasteiger partial charge in [0, 0.05) is 17.9 Å². The largest absolute Gasteiger partial charge is 0.360 e. The van der Waals surface area contributed by atoms with E-state index in [0.29, 0.717) is 5.69 Å². The van der Waals surface area contributed by atoms with Crippen LogP contribution in [-0.2, 0) is 21.2 Å². The molecule has 1 atom stereocenters. The van der Waals surface area contributed by atoms with Gasteiger partial charge in [-0.2, -0.15) is 0 Å². The van der Waals surface area contributed by atoms with Crippen LogP contribution in [0.4, 0.5) is 11.4 Å². The Morgan fingerprint density at radius 3 is 2.54 bits per heavy atom. The first-order chi connectivity index (χ1) is 12.3. The molecule has 1 heterocycles. The Morgan fingerprint density at radius 2 is 1.88 bits per heavy atom. The Morgan fingerprint density at radius 1 is 1.19 bits per heavy atom. The van der Waals surface area contributed by atoms with Gasteiger partial charge in [-0.05, 0) is 62.6 Å². The van der Waals surface area contributed by atoms with E-state index in [4.69, 9.17) is 5.14 Å². The van der Waals surface area contributed by atoms with Gasteiger partial charge >= 0.3 is 0 Å². The number of hydrogen-bond acceptors (Lipinski definition) is 4. The van der Waals surface area contributed by atoms with Crippen LogP contribution in [0, 0.1) is 6.92 Å². The Balaban J connectivity index is 1.75. The minimum Gasteiger partial charge on any atom is -0.360 e. The predicted octanol–water partition coefficient (Wildman–Crippen LogP) is 2.42. The fraction of sp³-hybridized carbons (Fsp3) is 0.316. The van der Waals surface area contributed by atoms with E-state index in [1.165, 1.54) is 35.4 Å². The second kappa shape index (κ2) is 7.09. The molecular weight excluding hydrogens is 350 g/mol. The molecule has 0 spiro atoms. The maximum Gasteiger partial charge on any atom is 0.246 e. The third kappa shape index (κ3) is 3.89. The predicted molar refractivity (Wildman–Crippen MR) is 103 cm³/mol. The lowest BCUT2D eigenvalue weighted by atomic mass is 9.98. The molecule has 0 bridgehead atoms. The van der Waals surface area contributed by atoms with Gasteiger partial charge in [-0.15, -0.1) is 0 Å². The van der Waals surface area contributed by atoms with Crippen molar-refractivity contribution >= 4 is 27.3 Å². The Bertz CT molecular complexity index is 924. The molecule has 0 aromatic heterocycles. The second-order valence-corrected chi connectivity index (χ2v) is 8.23. The molecular formula is C19H23N3O3S. The van der Waals surface area contributed by atoms with Crippen molar-refractivity contribution < 1.29 is 13.2 Å². The van der Waals surface area contributed by atoms with Crippen LogP contribution >= 0.6 is 0 Å². The van der Waals surface area contributed by atoms with Crippen molar-refractivity contribution in [3.05, 3.63) is 53.6 Å². The van der Waals surface area contributed by atoms with Crippen LogP contribution in [0.1, 0.15) is 24.5 Å². The molecule has 3 rings (SSSR count). The van der Waals surface area contributed by atoms with Crippen molar-refractivity contribution in [1.29, 1.82) is 0 Å². The topological polar surface area (TPSA) is 92.5 Å². The highest BCUT2D eigenvalue weighted by Gasteiger charge is 2.26. The third-order valence-corrected chi connectivity index (χ3v) is 5.62. The number of aryl methyl sites for hydroxylation is 2. The minimum absolute atomic E-state index is 0.0175. The molecule has 2 aromatic carbocycles.